The van der Waals surface area contributed by atoms with Crippen LogP contribution in [0.5, 0.6) is 0 Å². The Morgan fingerprint density at radius 1 is 1.24 bits per heavy atom. The monoisotopic (exact) mass is 347 g/mol. The van der Waals surface area contributed by atoms with Crippen LogP contribution in [0.1, 0.15) is 24.6 Å². The van der Waals surface area contributed by atoms with Gasteiger partial charge in [-0.3, -0.25) is 4.98 Å². The van der Waals surface area contributed by atoms with Gasteiger partial charge in [0, 0.05) is 36.5 Å². The Hall–Kier alpha value is -1.39. The first-order valence-electron chi connectivity index (χ1n) is 7.31. The SMILES string of the molecule is CCCNCc1cc(N(C)Cc2ccccc2Br)ccn1. The Morgan fingerprint density at radius 2 is 2.05 bits per heavy atom. The van der Waals surface area contributed by atoms with E-state index in [9.17, 15) is 0 Å². The predicted molar refractivity (Wildman–Crippen MR) is 92.5 cm³/mol. The van der Waals surface area contributed by atoms with Gasteiger partial charge >= 0.3 is 0 Å². The maximum Gasteiger partial charge on any atom is 0.0562 e. The van der Waals surface area contributed by atoms with Crippen LogP contribution in [0.3, 0.4) is 0 Å². The fraction of sp³-hybridized carbons (Fsp3) is 0.353. The Morgan fingerprint density at radius 3 is 2.81 bits per heavy atom. The number of aromatic nitrogens is 1. The van der Waals surface area contributed by atoms with Crippen molar-refractivity contribution in [1.29, 1.82) is 0 Å². The third kappa shape index (κ3) is 4.83. The first kappa shape index (κ1) is 16.0. The van der Waals surface area contributed by atoms with Crippen LogP contribution in [0, 0.1) is 0 Å². The first-order chi connectivity index (χ1) is 10.2. The third-order valence-corrected chi connectivity index (χ3v) is 4.11. The van der Waals surface area contributed by atoms with Crippen molar-refractivity contribution in [3.63, 3.8) is 0 Å². The molecule has 3 nitrogen and oxygen atoms in total. The summed E-state index contributed by atoms with van der Waals surface area (Å²) in [5.74, 6) is 0. The van der Waals surface area contributed by atoms with Crippen molar-refractivity contribution >= 4 is 21.6 Å². The van der Waals surface area contributed by atoms with E-state index in [1.807, 2.05) is 12.3 Å². The molecule has 0 spiro atoms. The van der Waals surface area contributed by atoms with Crippen molar-refractivity contribution in [1.82, 2.24) is 10.3 Å². The number of hydrogen-bond donors (Lipinski definition) is 1. The number of nitrogens with zero attached hydrogens (tertiary/aromatic N) is 2. The molecule has 1 heterocycles. The van der Waals surface area contributed by atoms with Gasteiger partial charge in [-0.25, -0.2) is 0 Å². The molecule has 0 fully saturated rings. The van der Waals surface area contributed by atoms with Gasteiger partial charge in [0.25, 0.3) is 0 Å². The second-order valence-electron chi connectivity index (χ2n) is 5.13. The average molecular weight is 348 g/mol. The van der Waals surface area contributed by atoms with Gasteiger partial charge < -0.3 is 10.2 Å². The van der Waals surface area contributed by atoms with Crippen LogP contribution in [-0.2, 0) is 13.1 Å². The van der Waals surface area contributed by atoms with Crippen LogP contribution in [0.4, 0.5) is 5.69 Å². The molecule has 0 aliphatic heterocycles. The van der Waals surface area contributed by atoms with E-state index in [1.165, 1.54) is 11.3 Å². The number of halogens is 1. The zero-order chi connectivity index (χ0) is 15.1. The summed E-state index contributed by atoms with van der Waals surface area (Å²) in [6, 6.07) is 12.5. The van der Waals surface area contributed by atoms with Crippen molar-refractivity contribution < 1.29 is 0 Å². The molecule has 112 valence electrons. The lowest BCUT2D eigenvalue weighted by Gasteiger charge is -2.20. The van der Waals surface area contributed by atoms with E-state index in [2.05, 4.69) is 75.4 Å². The Balaban J connectivity index is 2.03. The topological polar surface area (TPSA) is 28.2 Å². The summed E-state index contributed by atoms with van der Waals surface area (Å²) in [4.78, 5) is 6.66. The van der Waals surface area contributed by atoms with Crippen LogP contribution < -0.4 is 10.2 Å². The molecule has 2 rings (SSSR count). The van der Waals surface area contributed by atoms with Gasteiger partial charge in [-0.05, 0) is 36.7 Å². The number of rotatable bonds is 7. The van der Waals surface area contributed by atoms with E-state index in [4.69, 9.17) is 0 Å². The van der Waals surface area contributed by atoms with E-state index in [0.717, 1.165) is 36.2 Å². The van der Waals surface area contributed by atoms with Gasteiger partial charge in [0.1, 0.15) is 0 Å². The Kier molecular flexibility index (Phi) is 6.21. The largest absolute Gasteiger partial charge is 0.370 e. The molecule has 0 aliphatic rings. The standard InChI is InChI=1S/C17H22BrN3/c1-3-9-19-12-15-11-16(8-10-20-15)21(2)13-14-6-4-5-7-17(14)18/h4-8,10-11,19H,3,9,12-13H2,1-2H3. The lowest BCUT2D eigenvalue weighted by Crippen LogP contribution is -2.18. The Labute approximate surface area is 135 Å². The highest BCUT2D eigenvalue weighted by molar-refractivity contribution is 9.10. The number of nitrogens with one attached hydrogen (secondary N) is 1. The highest BCUT2D eigenvalue weighted by Crippen LogP contribution is 2.21. The summed E-state index contributed by atoms with van der Waals surface area (Å²) in [5, 5.41) is 3.39. The summed E-state index contributed by atoms with van der Waals surface area (Å²) in [6.07, 6.45) is 3.02. The van der Waals surface area contributed by atoms with E-state index < -0.39 is 0 Å². The molecule has 0 saturated heterocycles. The molecule has 4 heteroatoms. The zero-order valence-electron chi connectivity index (χ0n) is 12.6. The summed E-state index contributed by atoms with van der Waals surface area (Å²) in [5.41, 5.74) is 3.55. The molecule has 0 radical (unpaired) electrons. The van der Waals surface area contributed by atoms with Gasteiger partial charge in [-0.15, -0.1) is 0 Å². The van der Waals surface area contributed by atoms with Crippen molar-refractivity contribution in [3.05, 3.63) is 58.3 Å². The molecular formula is C17H22BrN3. The molecule has 0 saturated carbocycles. The van der Waals surface area contributed by atoms with E-state index >= 15 is 0 Å². The number of hydrogen-bond acceptors (Lipinski definition) is 3. The molecule has 0 bridgehead atoms. The van der Waals surface area contributed by atoms with Crippen molar-refractivity contribution in [2.24, 2.45) is 0 Å². The first-order valence-corrected chi connectivity index (χ1v) is 8.10. The van der Waals surface area contributed by atoms with Gasteiger partial charge in [0.05, 0.1) is 5.69 Å². The van der Waals surface area contributed by atoms with Gasteiger partial charge in [0.15, 0.2) is 0 Å². The summed E-state index contributed by atoms with van der Waals surface area (Å²) >= 11 is 3.60. The third-order valence-electron chi connectivity index (χ3n) is 3.34. The van der Waals surface area contributed by atoms with Crippen LogP contribution in [0.2, 0.25) is 0 Å². The second kappa shape index (κ2) is 8.15. The summed E-state index contributed by atoms with van der Waals surface area (Å²) in [7, 11) is 2.11. The van der Waals surface area contributed by atoms with Crippen molar-refractivity contribution in [2.45, 2.75) is 26.4 Å². The normalized spacial score (nSPS) is 10.6. The molecule has 0 aliphatic carbocycles. The lowest BCUT2D eigenvalue weighted by molar-refractivity contribution is 0.664. The molecule has 1 aromatic heterocycles. The van der Waals surface area contributed by atoms with Gasteiger partial charge in [-0.1, -0.05) is 41.1 Å². The van der Waals surface area contributed by atoms with Crippen LogP contribution >= 0.6 is 15.9 Å². The van der Waals surface area contributed by atoms with Crippen LogP contribution in [-0.4, -0.2) is 18.6 Å². The van der Waals surface area contributed by atoms with Crippen LogP contribution in [0.15, 0.2) is 47.1 Å². The molecule has 1 aromatic carbocycles. The van der Waals surface area contributed by atoms with Gasteiger partial charge in [-0.2, -0.15) is 0 Å². The molecule has 2 aromatic rings. The molecule has 0 atom stereocenters. The molecular weight excluding hydrogens is 326 g/mol. The fourth-order valence-electron chi connectivity index (χ4n) is 2.17. The smallest absolute Gasteiger partial charge is 0.0562 e. The molecule has 21 heavy (non-hydrogen) atoms. The van der Waals surface area contributed by atoms with Crippen molar-refractivity contribution in [3.8, 4) is 0 Å². The van der Waals surface area contributed by atoms with Crippen molar-refractivity contribution in [2.75, 3.05) is 18.5 Å². The molecule has 0 unspecified atom stereocenters. The quantitative estimate of drug-likeness (QED) is 0.767. The van der Waals surface area contributed by atoms with E-state index in [0.29, 0.717) is 0 Å². The maximum absolute atomic E-state index is 4.42. The number of benzene rings is 1. The lowest BCUT2D eigenvalue weighted by atomic mass is 10.2. The minimum atomic E-state index is 0.824. The second-order valence-corrected chi connectivity index (χ2v) is 5.98. The van der Waals surface area contributed by atoms with Crippen LogP contribution in [0.25, 0.3) is 0 Å². The van der Waals surface area contributed by atoms with E-state index in [1.54, 1.807) is 0 Å². The maximum atomic E-state index is 4.42. The Bertz CT molecular complexity index is 571. The highest BCUT2D eigenvalue weighted by atomic mass is 79.9. The molecule has 1 N–H and O–H groups in total. The minimum Gasteiger partial charge on any atom is -0.370 e. The summed E-state index contributed by atoms with van der Waals surface area (Å²) in [6.45, 7) is 4.89. The fourth-order valence-corrected chi connectivity index (χ4v) is 2.58. The molecule has 0 amide bonds. The minimum absolute atomic E-state index is 0.824. The highest BCUT2D eigenvalue weighted by Gasteiger charge is 2.06. The zero-order valence-corrected chi connectivity index (χ0v) is 14.2. The van der Waals surface area contributed by atoms with Gasteiger partial charge in [0.2, 0.25) is 0 Å². The van der Waals surface area contributed by atoms with E-state index in [-0.39, 0.29) is 0 Å². The average Bonchev–Trinajstić information content (AvgIpc) is 2.50. The summed E-state index contributed by atoms with van der Waals surface area (Å²) < 4.78 is 1.15. The predicted octanol–water partition coefficient (Wildman–Crippen LogP) is 3.98. The number of anilines is 1. The number of pyridine rings is 1.